The number of ether oxygens (including phenoxy) is 1. The Morgan fingerprint density at radius 1 is 1.00 bits per heavy atom. The third-order valence-electron chi connectivity index (χ3n) is 6.16. The third kappa shape index (κ3) is 5.25. The van der Waals surface area contributed by atoms with Crippen LogP contribution in [0.4, 0.5) is 5.69 Å². The van der Waals surface area contributed by atoms with Crippen molar-refractivity contribution in [1.29, 1.82) is 0 Å². The Bertz CT molecular complexity index is 1330. The van der Waals surface area contributed by atoms with Crippen molar-refractivity contribution in [2.24, 2.45) is 0 Å². The molecule has 0 radical (unpaired) electrons. The molecule has 0 fully saturated rings. The Labute approximate surface area is 209 Å². The maximum absolute atomic E-state index is 13.7. The van der Waals surface area contributed by atoms with E-state index in [0.717, 1.165) is 9.87 Å². The molecule has 1 heterocycles. The van der Waals surface area contributed by atoms with Crippen LogP contribution >= 0.6 is 0 Å². The number of hydrogen-bond acceptors (Lipinski definition) is 6. The van der Waals surface area contributed by atoms with E-state index in [1.54, 1.807) is 29.7 Å². The van der Waals surface area contributed by atoms with E-state index >= 15 is 0 Å². The first kappa shape index (κ1) is 25.4. The molecule has 3 aromatic carbocycles. The molecular formula is C26H27N3O6S. The average molecular weight is 510 g/mol. The largest absolute Gasteiger partial charge is 0.497 e. The van der Waals surface area contributed by atoms with E-state index in [0.29, 0.717) is 23.4 Å². The van der Waals surface area contributed by atoms with E-state index in [9.17, 15) is 23.2 Å². The predicted molar refractivity (Wildman–Crippen MR) is 133 cm³/mol. The molecule has 0 bridgehead atoms. The van der Waals surface area contributed by atoms with Gasteiger partial charge >= 0.3 is 0 Å². The monoisotopic (exact) mass is 509 g/mol. The third-order valence-corrected chi connectivity index (χ3v) is 8.03. The molecule has 0 saturated carbocycles. The number of benzene rings is 3. The van der Waals surface area contributed by atoms with Gasteiger partial charge in [-0.25, -0.2) is 13.9 Å². The molecule has 3 aromatic rings. The molecule has 0 saturated heterocycles. The highest BCUT2D eigenvalue weighted by atomic mass is 32.2. The maximum atomic E-state index is 13.7. The molecule has 10 heteroatoms. The Morgan fingerprint density at radius 3 is 2.33 bits per heavy atom. The SMILES string of the molecule is COc1ccc(S(=O)(=O)N2Cc3ccccc3N(C(=O)CCc3ccccc3)CC2C(=O)NO)cc1. The van der Waals surface area contributed by atoms with Gasteiger partial charge in [-0.2, -0.15) is 4.31 Å². The fraction of sp³-hybridized carbons (Fsp3) is 0.231. The van der Waals surface area contributed by atoms with Crippen molar-refractivity contribution in [2.75, 3.05) is 18.6 Å². The molecule has 1 atom stereocenters. The second kappa shape index (κ2) is 10.9. The number of anilines is 1. The van der Waals surface area contributed by atoms with Crippen molar-refractivity contribution in [2.45, 2.75) is 30.3 Å². The van der Waals surface area contributed by atoms with Crippen LogP contribution in [0.1, 0.15) is 17.5 Å². The highest BCUT2D eigenvalue weighted by Crippen LogP contribution is 2.32. The van der Waals surface area contributed by atoms with Gasteiger partial charge in [0.2, 0.25) is 15.9 Å². The molecule has 2 N–H and O–H groups in total. The second-order valence-corrected chi connectivity index (χ2v) is 10.2. The average Bonchev–Trinajstić information content (AvgIpc) is 3.10. The number of hydroxylamine groups is 1. The van der Waals surface area contributed by atoms with Crippen LogP contribution in [0.15, 0.2) is 83.8 Å². The summed E-state index contributed by atoms with van der Waals surface area (Å²) in [4.78, 5) is 27.6. The molecule has 0 aliphatic carbocycles. The number of carbonyl (C=O) groups excluding carboxylic acids is 2. The van der Waals surface area contributed by atoms with Crippen LogP contribution in [0.5, 0.6) is 5.75 Å². The number of hydrogen-bond donors (Lipinski definition) is 2. The van der Waals surface area contributed by atoms with Crippen molar-refractivity contribution in [3.05, 3.63) is 90.0 Å². The fourth-order valence-electron chi connectivity index (χ4n) is 4.24. The Hall–Kier alpha value is -3.73. The summed E-state index contributed by atoms with van der Waals surface area (Å²) < 4.78 is 33.5. The normalized spacial score (nSPS) is 16.1. The molecule has 0 spiro atoms. The van der Waals surface area contributed by atoms with Crippen LogP contribution in [-0.4, -0.2) is 49.4 Å². The van der Waals surface area contributed by atoms with Crippen molar-refractivity contribution in [1.82, 2.24) is 9.79 Å². The Balaban J connectivity index is 1.71. The number of para-hydroxylation sites is 1. The lowest BCUT2D eigenvalue weighted by molar-refractivity contribution is -0.133. The topological polar surface area (TPSA) is 116 Å². The molecule has 9 nitrogen and oxygen atoms in total. The van der Waals surface area contributed by atoms with Gasteiger partial charge in [0.1, 0.15) is 11.8 Å². The van der Waals surface area contributed by atoms with E-state index in [4.69, 9.17) is 4.74 Å². The summed E-state index contributed by atoms with van der Waals surface area (Å²) in [7, 11) is -2.72. The van der Waals surface area contributed by atoms with Gasteiger partial charge in [-0.05, 0) is 47.9 Å². The van der Waals surface area contributed by atoms with Gasteiger partial charge in [-0.15, -0.1) is 0 Å². The number of methoxy groups -OCH3 is 1. The lowest BCUT2D eigenvalue weighted by atomic mass is 10.1. The van der Waals surface area contributed by atoms with E-state index in [1.165, 1.54) is 36.3 Å². The zero-order chi connectivity index (χ0) is 25.7. The van der Waals surface area contributed by atoms with Crippen molar-refractivity contribution in [3.63, 3.8) is 0 Å². The highest BCUT2D eigenvalue weighted by Gasteiger charge is 2.41. The minimum Gasteiger partial charge on any atom is -0.497 e. The number of carbonyl (C=O) groups is 2. The van der Waals surface area contributed by atoms with Crippen LogP contribution in [0.2, 0.25) is 0 Å². The zero-order valence-corrected chi connectivity index (χ0v) is 20.5. The molecular weight excluding hydrogens is 482 g/mol. The van der Waals surface area contributed by atoms with E-state index in [2.05, 4.69) is 0 Å². The smallest absolute Gasteiger partial charge is 0.263 e. The van der Waals surface area contributed by atoms with Gasteiger partial charge in [-0.1, -0.05) is 48.5 Å². The summed E-state index contributed by atoms with van der Waals surface area (Å²) in [5, 5.41) is 9.45. The molecule has 188 valence electrons. The van der Waals surface area contributed by atoms with Crippen LogP contribution in [0, 0.1) is 0 Å². The summed E-state index contributed by atoms with van der Waals surface area (Å²) >= 11 is 0. The quantitative estimate of drug-likeness (QED) is 0.374. The van der Waals surface area contributed by atoms with Gasteiger partial charge in [0.05, 0.1) is 18.6 Å². The van der Waals surface area contributed by atoms with Crippen molar-refractivity contribution in [3.8, 4) is 5.75 Å². The summed E-state index contributed by atoms with van der Waals surface area (Å²) in [6, 6.07) is 20.9. The van der Waals surface area contributed by atoms with Crippen LogP contribution in [0.25, 0.3) is 0 Å². The Kier molecular flexibility index (Phi) is 7.68. The maximum Gasteiger partial charge on any atom is 0.263 e. The number of fused-ring (bicyclic) bond motifs is 1. The second-order valence-electron chi connectivity index (χ2n) is 8.34. The summed E-state index contributed by atoms with van der Waals surface area (Å²) in [6.07, 6.45) is 0.653. The number of rotatable bonds is 7. The lowest BCUT2D eigenvalue weighted by Gasteiger charge is -2.29. The first-order chi connectivity index (χ1) is 17.3. The fourth-order valence-corrected chi connectivity index (χ4v) is 5.80. The molecule has 1 unspecified atom stereocenters. The molecule has 1 aliphatic rings. The van der Waals surface area contributed by atoms with E-state index < -0.39 is 22.0 Å². The lowest BCUT2D eigenvalue weighted by Crippen LogP contribution is -2.53. The number of amides is 2. The molecule has 36 heavy (non-hydrogen) atoms. The van der Waals surface area contributed by atoms with Gasteiger partial charge in [0.25, 0.3) is 5.91 Å². The van der Waals surface area contributed by atoms with Crippen LogP contribution in [-0.2, 0) is 32.6 Å². The van der Waals surface area contributed by atoms with E-state index in [-0.39, 0.29) is 30.3 Å². The minimum atomic E-state index is -4.19. The minimum absolute atomic E-state index is 0.0413. The van der Waals surface area contributed by atoms with Gasteiger partial charge in [0.15, 0.2) is 0 Å². The summed E-state index contributed by atoms with van der Waals surface area (Å²) in [6.45, 7) is -0.419. The van der Waals surface area contributed by atoms with Gasteiger partial charge in [0, 0.05) is 18.7 Å². The van der Waals surface area contributed by atoms with Gasteiger partial charge in [-0.3, -0.25) is 14.8 Å². The van der Waals surface area contributed by atoms with Crippen molar-refractivity contribution < 1.29 is 28.0 Å². The highest BCUT2D eigenvalue weighted by molar-refractivity contribution is 7.89. The first-order valence-electron chi connectivity index (χ1n) is 11.4. The standard InChI is InChI=1S/C26H27N3O6S/c1-35-21-12-14-22(15-13-21)36(33,34)29-17-20-9-5-6-10-23(20)28(18-24(29)26(31)27-32)25(30)16-11-19-7-3-2-4-8-19/h2-10,12-15,24,32H,11,16-18H2,1H3,(H,27,31). The number of nitrogens with zero attached hydrogens (tertiary/aromatic N) is 2. The number of aryl methyl sites for hydroxylation is 1. The van der Waals surface area contributed by atoms with Gasteiger partial charge < -0.3 is 9.64 Å². The first-order valence-corrected chi connectivity index (χ1v) is 12.8. The predicted octanol–water partition coefficient (Wildman–Crippen LogP) is 2.74. The molecule has 2 amide bonds. The van der Waals surface area contributed by atoms with E-state index in [1.807, 2.05) is 30.3 Å². The van der Waals surface area contributed by atoms with Crippen molar-refractivity contribution >= 4 is 27.5 Å². The number of nitrogens with one attached hydrogen (secondary N) is 1. The van der Waals surface area contributed by atoms with Crippen LogP contribution in [0.3, 0.4) is 0 Å². The van der Waals surface area contributed by atoms with Crippen LogP contribution < -0.4 is 15.1 Å². The zero-order valence-electron chi connectivity index (χ0n) is 19.7. The summed E-state index contributed by atoms with van der Waals surface area (Å²) in [5.74, 6) is -0.707. The Morgan fingerprint density at radius 2 is 1.67 bits per heavy atom. The number of sulfonamides is 1. The summed E-state index contributed by atoms with van der Waals surface area (Å²) in [5.41, 5.74) is 3.66. The molecule has 4 rings (SSSR count). The molecule has 0 aromatic heterocycles. The molecule has 1 aliphatic heterocycles.